The van der Waals surface area contributed by atoms with Gasteiger partial charge in [0.2, 0.25) is 0 Å². The summed E-state index contributed by atoms with van der Waals surface area (Å²) < 4.78 is 0. The molecule has 0 amide bonds. The van der Waals surface area contributed by atoms with Gasteiger partial charge in [-0.25, -0.2) is 0 Å². The molecule has 0 fully saturated rings. The molecule has 2 aromatic rings. The highest BCUT2D eigenvalue weighted by atomic mass is 32.1. The lowest BCUT2D eigenvalue weighted by Crippen LogP contribution is -2.04. The number of hydrogen-bond donors (Lipinski definition) is 1. The lowest BCUT2D eigenvalue weighted by atomic mass is 9.98. The monoisotopic (exact) mass is 219 g/mol. The number of thiophene rings is 1. The first-order valence-corrected chi connectivity index (χ1v) is 5.81. The number of Topliss-reactive ketones (excluding diaryl/α,β-unsaturated/α-hetero) is 1. The molecular weight excluding hydrogens is 206 g/mol. The van der Waals surface area contributed by atoms with Gasteiger partial charge in [-0.2, -0.15) is 0 Å². The molecule has 0 aliphatic heterocycles. The summed E-state index contributed by atoms with van der Waals surface area (Å²) in [4.78, 5) is 15.7. The van der Waals surface area contributed by atoms with E-state index in [4.69, 9.17) is 0 Å². The maximum Gasteiger partial charge on any atom is 0.130 e. The average molecular weight is 219 g/mol. The summed E-state index contributed by atoms with van der Waals surface area (Å²) in [6, 6.07) is 8.11. The van der Waals surface area contributed by atoms with Crippen LogP contribution in [-0.2, 0) is 4.79 Å². The van der Waals surface area contributed by atoms with Gasteiger partial charge in [-0.1, -0.05) is 6.07 Å². The summed E-state index contributed by atoms with van der Waals surface area (Å²) in [6.45, 7) is 1.64. The first kappa shape index (κ1) is 10.2. The van der Waals surface area contributed by atoms with E-state index >= 15 is 0 Å². The minimum absolute atomic E-state index is 0.192. The van der Waals surface area contributed by atoms with Gasteiger partial charge in [-0.05, 0) is 30.5 Å². The van der Waals surface area contributed by atoms with Gasteiger partial charge in [0, 0.05) is 29.1 Å². The van der Waals surface area contributed by atoms with Crippen LogP contribution in [0.25, 0.3) is 0 Å². The molecule has 0 saturated heterocycles. The maximum atomic E-state index is 11.2. The van der Waals surface area contributed by atoms with Crippen LogP contribution in [0.2, 0.25) is 0 Å². The van der Waals surface area contributed by atoms with Crippen LogP contribution in [-0.4, -0.2) is 10.8 Å². The molecule has 0 aromatic carbocycles. The SMILES string of the molecule is CC(=O)CC(c1ccc[nH]1)c1cccs1. The first-order valence-electron chi connectivity index (χ1n) is 4.93. The number of carbonyl (C=O) groups excluding carboxylic acids is 1. The lowest BCUT2D eigenvalue weighted by molar-refractivity contribution is -0.117. The van der Waals surface area contributed by atoms with E-state index < -0.39 is 0 Å². The molecule has 2 rings (SSSR count). The van der Waals surface area contributed by atoms with E-state index in [-0.39, 0.29) is 11.7 Å². The Morgan fingerprint density at radius 3 is 2.87 bits per heavy atom. The number of ketones is 1. The third kappa shape index (κ3) is 2.36. The molecule has 15 heavy (non-hydrogen) atoms. The van der Waals surface area contributed by atoms with Gasteiger partial charge in [0.15, 0.2) is 0 Å². The number of carbonyl (C=O) groups is 1. The molecule has 3 heteroatoms. The van der Waals surface area contributed by atoms with Crippen molar-refractivity contribution in [2.45, 2.75) is 19.3 Å². The number of aromatic nitrogens is 1. The van der Waals surface area contributed by atoms with Crippen molar-refractivity contribution < 1.29 is 4.79 Å². The molecule has 2 heterocycles. The number of aromatic amines is 1. The maximum absolute atomic E-state index is 11.2. The molecule has 0 saturated carbocycles. The van der Waals surface area contributed by atoms with E-state index in [0.29, 0.717) is 6.42 Å². The fourth-order valence-corrected chi connectivity index (χ4v) is 2.55. The predicted molar refractivity (Wildman–Crippen MR) is 62.3 cm³/mol. The molecule has 0 spiro atoms. The van der Waals surface area contributed by atoms with Crippen molar-refractivity contribution in [3.05, 3.63) is 46.4 Å². The Labute approximate surface area is 93.0 Å². The van der Waals surface area contributed by atoms with Crippen LogP contribution in [0.3, 0.4) is 0 Å². The molecule has 1 atom stereocenters. The normalized spacial score (nSPS) is 12.6. The van der Waals surface area contributed by atoms with Crippen molar-refractivity contribution in [2.24, 2.45) is 0 Å². The van der Waals surface area contributed by atoms with Crippen LogP contribution in [0.15, 0.2) is 35.8 Å². The second kappa shape index (κ2) is 4.45. The topological polar surface area (TPSA) is 32.9 Å². The smallest absolute Gasteiger partial charge is 0.130 e. The average Bonchev–Trinajstić information content (AvgIpc) is 2.87. The highest BCUT2D eigenvalue weighted by Gasteiger charge is 2.17. The lowest BCUT2D eigenvalue weighted by Gasteiger charge is -2.11. The van der Waals surface area contributed by atoms with Crippen LogP contribution in [0.5, 0.6) is 0 Å². The number of hydrogen-bond acceptors (Lipinski definition) is 2. The van der Waals surface area contributed by atoms with E-state index in [9.17, 15) is 4.79 Å². The summed E-state index contributed by atoms with van der Waals surface area (Å²) in [5.74, 6) is 0.417. The Bertz CT molecular complexity index is 382. The molecule has 1 N–H and O–H groups in total. The van der Waals surface area contributed by atoms with E-state index in [1.807, 2.05) is 29.8 Å². The summed E-state index contributed by atoms with van der Waals surface area (Å²) in [5.41, 5.74) is 1.12. The molecule has 2 aromatic heterocycles. The summed E-state index contributed by atoms with van der Waals surface area (Å²) in [7, 11) is 0. The fraction of sp³-hybridized carbons (Fsp3) is 0.250. The largest absolute Gasteiger partial charge is 0.364 e. The standard InChI is InChI=1S/C12H13NOS/c1-9(14)8-10(11-4-2-6-13-11)12-5-3-7-15-12/h2-7,10,13H,8H2,1H3. The van der Waals surface area contributed by atoms with Crippen LogP contribution in [0.1, 0.15) is 29.8 Å². The second-order valence-corrected chi connectivity index (χ2v) is 4.58. The Balaban J connectivity index is 2.29. The van der Waals surface area contributed by atoms with E-state index in [0.717, 1.165) is 5.69 Å². The molecule has 0 aliphatic carbocycles. The van der Waals surface area contributed by atoms with Gasteiger partial charge in [0.05, 0.1) is 0 Å². The fourth-order valence-electron chi connectivity index (χ4n) is 1.70. The van der Waals surface area contributed by atoms with Crippen molar-refractivity contribution in [1.82, 2.24) is 4.98 Å². The molecule has 1 unspecified atom stereocenters. The zero-order valence-corrected chi connectivity index (χ0v) is 9.38. The molecule has 0 bridgehead atoms. The minimum atomic E-state index is 0.192. The summed E-state index contributed by atoms with van der Waals surface area (Å²) >= 11 is 1.70. The van der Waals surface area contributed by atoms with Crippen LogP contribution >= 0.6 is 11.3 Å². The molecule has 2 nitrogen and oxygen atoms in total. The van der Waals surface area contributed by atoms with Crippen molar-refractivity contribution in [3.63, 3.8) is 0 Å². The number of H-pyrrole nitrogens is 1. The quantitative estimate of drug-likeness (QED) is 0.841. The van der Waals surface area contributed by atoms with Crippen molar-refractivity contribution in [2.75, 3.05) is 0 Å². The molecule has 0 aliphatic rings. The van der Waals surface area contributed by atoms with Crippen LogP contribution in [0.4, 0.5) is 0 Å². The zero-order chi connectivity index (χ0) is 10.7. The summed E-state index contributed by atoms with van der Waals surface area (Å²) in [5, 5.41) is 2.05. The highest BCUT2D eigenvalue weighted by molar-refractivity contribution is 7.10. The van der Waals surface area contributed by atoms with Gasteiger partial charge >= 0.3 is 0 Å². The van der Waals surface area contributed by atoms with E-state index in [1.54, 1.807) is 18.3 Å². The minimum Gasteiger partial charge on any atom is -0.364 e. The first-order chi connectivity index (χ1) is 7.27. The van der Waals surface area contributed by atoms with E-state index in [1.165, 1.54) is 4.88 Å². The Hall–Kier alpha value is -1.35. The van der Waals surface area contributed by atoms with Crippen LogP contribution in [0, 0.1) is 0 Å². The Morgan fingerprint density at radius 2 is 2.33 bits per heavy atom. The van der Waals surface area contributed by atoms with Crippen molar-refractivity contribution in [1.29, 1.82) is 0 Å². The second-order valence-electron chi connectivity index (χ2n) is 3.60. The Morgan fingerprint density at radius 1 is 1.47 bits per heavy atom. The number of nitrogens with one attached hydrogen (secondary N) is 1. The van der Waals surface area contributed by atoms with Crippen molar-refractivity contribution >= 4 is 17.1 Å². The molecule has 0 radical (unpaired) electrons. The van der Waals surface area contributed by atoms with Crippen LogP contribution < -0.4 is 0 Å². The van der Waals surface area contributed by atoms with Gasteiger partial charge < -0.3 is 4.98 Å². The van der Waals surface area contributed by atoms with Gasteiger partial charge in [0.25, 0.3) is 0 Å². The molecular formula is C12H13NOS. The zero-order valence-electron chi connectivity index (χ0n) is 8.57. The third-order valence-electron chi connectivity index (χ3n) is 2.38. The van der Waals surface area contributed by atoms with Gasteiger partial charge in [-0.15, -0.1) is 11.3 Å². The van der Waals surface area contributed by atoms with Gasteiger partial charge in [0.1, 0.15) is 5.78 Å². The highest BCUT2D eigenvalue weighted by Crippen LogP contribution is 2.30. The number of rotatable bonds is 4. The third-order valence-corrected chi connectivity index (χ3v) is 3.36. The summed E-state index contributed by atoms with van der Waals surface area (Å²) in [6.07, 6.45) is 2.47. The predicted octanol–water partition coefficient (Wildman–Crippen LogP) is 3.19. The van der Waals surface area contributed by atoms with Gasteiger partial charge in [-0.3, -0.25) is 4.79 Å². The van der Waals surface area contributed by atoms with Crippen molar-refractivity contribution in [3.8, 4) is 0 Å². The van der Waals surface area contributed by atoms with E-state index in [2.05, 4.69) is 11.1 Å². The Kier molecular flexibility index (Phi) is 3.02. The molecule has 78 valence electrons.